The number of hydroxylamine groups is 1. The second-order valence-corrected chi connectivity index (χ2v) is 9.72. The van der Waals surface area contributed by atoms with Crippen LogP contribution in [0.3, 0.4) is 0 Å². The summed E-state index contributed by atoms with van der Waals surface area (Å²) < 4.78 is 5.49. The van der Waals surface area contributed by atoms with E-state index < -0.39 is 5.91 Å². The zero-order valence-electron chi connectivity index (χ0n) is 22.0. The van der Waals surface area contributed by atoms with Crippen LogP contribution in [0.1, 0.15) is 17.5 Å². The molecular formula is C29H35N7O3. The number of benzene rings is 2. The summed E-state index contributed by atoms with van der Waals surface area (Å²) in [7, 11) is 0. The molecule has 1 amide bonds. The molecule has 1 fully saturated rings. The third kappa shape index (κ3) is 7.39. The van der Waals surface area contributed by atoms with Crippen molar-refractivity contribution in [2.45, 2.75) is 19.5 Å². The van der Waals surface area contributed by atoms with Crippen molar-refractivity contribution < 1.29 is 14.7 Å². The number of rotatable bonds is 12. The van der Waals surface area contributed by atoms with Crippen LogP contribution in [0.2, 0.25) is 0 Å². The molecule has 0 unspecified atom stereocenters. The molecule has 10 heteroatoms. The van der Waals surface area contributed by atoms with Gasteiger partial charge in [-0.2, -0.15) is 0 Å². The molecule has 2 aromatic carbocycles. The van der Waals surface area contributed by atoms with Crippen LogP contribution in [0.4, 0.5) is 5.82 Å². The number of H-pyrrole nitrogens is 1. The number of hydrogen-bond donors (Lipinski definition) is 4. The number of ether oxygens (including phenoxy) is 1. The molecule has 3 heterocycles. The first kappa shape index (κ1) is 26.8. The standard InChI is InChI=1S/C29H35N7O3/c37-27(34-38)10-16-39-17-15-35-11-13-36(14-12-35)20-23-6-8-24(9-7-23)26-18-25-28(31-21-32-29(25)33-26)30-19-22-4-2-1-3-5-22/h1-9,18,21,38H,10-17,19-20H2,(H,34,37)(H2,30,31,32,33). The monoisotopic (exact) mass is 529 g/mol. The van der Waals surface area contributed by atoms with Crippen LogP contribution >= 0.6 is 0 Å². The Bertz CT molecular complexity index is 1340. The van der Waals surface area contributed by atoms with Gasteiger partial charge in [0, 0.05) is 51.5 Å². The molecule has 39 heavy (non-hydrogen) atoms. The zero-order valence-corrected chi connectivity index (χ0v) is 22.0. The molecule has 0 aliphatic carbocycles. The Balaban J connectivity index is 1.10. The minimum atomic E-state index is -0.423. The number of carbonyl (C=O) groups is 1. The van der Waals surface area contributed by atoms with Crippen LogP contribution in [0.15, 0.2) is 67.0 Å². The second kappa shape index (κ2) is 13.3. The summed E-state index contributed by atoms with van der Waals surface area (Å²) >= 11 is 0. The van der Waals surface area contributed by atoms with Gasteiger partial charge in [0.15, 0.2) is 0 Å². The minimum absolute atomic E-state index is 0.171. The summed E-state index contributed by atoms with van der Waals surface area (Å²) in [6, 6.07) is 21.1. The van der Waals surface area contributed by atoms with E-state index >= 15 is 0 Å². The highest BCUT2D eigenvalue weighted by Gasteiger charge is 2.17. The van der Waals surface area contributed by atoms with Gasteiger partial charge in [-0.15, -0.1) is 0 Å². The SMILES string of the molecule is O=C(CCOCCN1CCN(Cc2ccc(-c3cc4c(NCc5ccccc5)ncnc4[nH]3)cc2)CC1)NO. The average molecular weight is 530 g/mol. The Morgan fingerprint density at radius 1 is 0.949 bits per heavy atom. The Kier molecular flexibility index (Phi) is 9.13. The summed E-state index contributed by atoms with van der Waals surface area (Å²) in [5, 5.41) is 12.9. The molecule has 0 atom stereocenters. The maximum absolute atomic E-state index is 11.0. The van der Waals surface area contributed by atoms with Crippen molar-refractivity contribution in [2.75, 3.05) is 51.3 Å². The predicted octanol–water partition coefficient (Wildman–Crippen LogP) is 3.27. The first-order chi connectivity index (χ1) is 19.2. The van der Waals surface area contributed by atoms with Gasteiger partial charge >= 0.3 is 0 Å². The lowest BCUT2D eigenvalue weighted by Crippen LogP contribution is -2.46. The zero-order chi connectivity index (χ0) is 26.9. The van der Waals surface area contributed by atoms with Crippen molar-refractivity contribution in [3.8, 4) is 11.3 Å². The smallest absolute Gasteiger partial charge is 0.245 e. The number of amides is 1. The first-order valence-electron chi connectivity index (χ1n) is 13.3. The molecule has 1 aliphatic rings. The van der Waals surface area contributed by atoms with E-state index in [1.165, 1.54) is 11.1 Å². The number of nitrogens with zero attached hydrogens (tertiary/aromatic N) is 4. The summed E-state index contributed by atoms with van der Waals surface area (Å²) in [6.07, 6.45) is 1.76. The number of hydrogen-bond acceptors (Lipinski definition) is 8. The third-order valence-corrected chi connectivity index (χ3v) is 7.01. The van der Waals surface area contributed by atoms with Crippen LogP contribution in [-0.4, -0.2) is 81.8 Å². The van der Waals surface area contributed by atoms with Gasteiger partial charge in [0.1, 0.15) is 17.8 Å². The van der Waals surface area contributed by atoms with Crippen LogP contribution in [0, 0.1) is 0 Å². The van der Waals surface area contributed by atoms with Gasteiger partial charge in [-0.1, -0.05) is 54.6 Å². The van der Waals surface area contributed by atoms with E-state index in [4.69, 9.17) is 9.94 Å². The summed E-state index contributed by atoms with van der Waals surface area (Å²) in [6.45, 7) is 7.39. The summed E-state index contributed by atoms with van der Waals surface area (Å²) in [5.74, 6) is 0.399. The lowest BCUT2D eigenvalue weighted by Gasteiger charge is -2.34. The molecule has 0 saturated carbocycles. The Morgan fingerprint density at radius 3 is 2.49 bits per heavy atom. The number of fused-ring (bicyclic) bond motifs is 1. The fourth-order valence-corrected chi connectivity index (χ4v) is 4.75. The van der Waals surface area contributed by atoms with Crippen LogP contribution in [0.25, 0.3) is 22.3 Å². The Labute approximate surface area is 228 Å². The quantitative estimate of drug-likeness (QED) is 0.125. The van der Waals surface area contributed by atoms with E-state index in [1.54, 1.807) is 11.8 Å². The van der Waals surface area contributed by atoms with Gasteiger partial charge in [0.05, 0.1) is 25.0 Å². The lowest BCUT2D eigenvalue weighted by atomic mass is 10.1. The highest BCUT2D eigenvalue weighted by Crippen LogP contribution is 2.27. The molecule has 0 spiro atoms. The highest BCUT2D eigenvalue weighted by atomic mass is 16.5. The molecule has 4 N–H and O–H groups in total. The van der Waals surface area contributed by atoms with Crippen LogP contribution in [-0.2, 0) is 22.6 Å². The van der Waals surface area contributed by atoms with Gasteiger partial charge in [-0.05, 0) is 22.8 Å². The van der Waals surface area contributed by atoms with E-state index in [-0.39, 0.29) is 6.42 Å². The van der Waals surface area contributed by atoms with Gasteiger partial charge in [0.2, 0.25) is 5.91 Å². The van der Waals surface area contributed by atoms with Gasteiger partial charge in [0.25, 0.3) is 0 Å². The maximum Gasteiger partial charge on any atom is 0.245 e. The van der Waals surface area contributed by atoms with E-state index in [0.29, 0.717) is 19.8 Å². The molecule has 4 aromatic rings. The number of aromatic amines is 1. The van der Waals surface area contributed by atoms with Crippen molar-refractivity contribution in [2.24, 2.45) is 0 Å². The Hall–Kier alpha value is -3.83. The maximum atomic E-state index is 11.0. The molecule has 0 radical (unpaired) electrons. The first-order valence-corrected chi connectivity index (χ1v) is 13.3. The molecule has 1 saturated heterocycles. The number of anilines is 1. The number of carbonyl (C=O) groups excluding carboxylic acids is 1. The summed E-state index contributed by atoms with van der Waals surface area (Å²) in [5.41, 5.74) is 7.06. The normalized spacial score (nSPS) is 14.5. The number of aromatic nitrogens is 3. The van der Waals surface area contributed by atoms with Gasteiger partial charge in [-0.3, -0.25) is 19.8 Å². The molecular weight excluding hydrogens is 494 g/mol. The molecule has 1 aliphatic heterocycles. The van der Waals surface area contributed by atoms with Crippen molar-refractivity contribution in [3.63, 3.8) is 0 Å². The van der Waals surface area contributed by atoms with Gasteiger partial charge in [-0.25, -0.2) is 15.4 Å². The molecule has 2 aromatic heterocycles. The predicted molar refractivity (Wildman–Crippen MR) is 150 cm³/mol. The largest absolute Gasteiger partial charge is 0.380 e. The fourth-order valence-electron chi connectivity index (χ4n) is 4.75. The van der Waals surface area contributed by atoms with Crippen molar-refractivity contribution in [1.82, 2.24) is 30.2 Å². The average Bonchev–Trinajstić information content (AvgIpc) is 3.43. The van der Waals surface area contributed by atoms with Crippen LogP contribution in [0.5, 0.6) is 0 Å². The number of piperazine rings is 1. The van der Waals surface area contributed by atoms with Crippen molar-refractivity contribution in [1.29, 1.82) is 0 Å². The van der Waals surface area contributed by atoms with E-state index in [0.717, 1.165) is 67.4 Å². The second-order valence-electron chi connectivity index (χ2n) is 9.72. The Morgan fingerprint density at radius 2 is 1.72 bits per heavy atom. The topological polar surface area (TPSA) is 119 Å². The van der Waals surface area contributed by atoms with Crippen LogP contribution < -0.4 is 10.8 Å². The molecule has 0 bridgehead atoms. The fraction of sp³-hybridized carbons (Fsp3) is 0.345. The van der Waals surface area contributed by atoms with E-state index in [2.05, 4.69) is 72.5 Å². The summed E-state index contributed by atoms with van der Waals surface area (Å²) in [4.78, 5) is 28.2. The lowest BCUT2D eigenvalue weighted by molar-refractivity contribution is -0.130. The molecule has 204 valence electrons. The van der Waals surface area contributed by atoms with E-state index in [9.17, 15) is 4.79 Å². The van der Waals surface area contributed by atoms with Gasteiger partial charge < -0.3 is 15.0 Å². The van der Waals surface area contributed by atoms with Crippen molar-refractivity contribution >= 4 is 22.8 Å². The van der Waals surface area contributed by atoms with E-state index in [1.807, 2.05) is 18.2 Å². The highest BCUT2D eigenvalue weighted by molar-refractivity contribution is 5.91. The van der Waals surface area contributed by atoms with Crippen molar-refractivity contribution in [3.05, 3.63) is 78.1 Å². The third-order valence-electron chi connectivity index (χ3n) is 7.01. The molecule has 5 rings (SSSR count). The number of nitrogens with one attached hydrogen (secondary N) is 3. The minimum Gasteiger partial charge on any atom is -0.380 e. The molecule has 10 nitrogen and oxygen atoms in total.